The summed E-state index contributed by atoms with van der Waals surface area (Å²) in [5.74, 6) is -0.860. The van der Waals surface area contributed by atoms with Crippen molar-refractivity contribution < 1.29 is 28.6 Å². The molecule has 0 saturated carbocycles. The summed E-state index contributed by atoms with van der Waals surface area (Å²) in [6.45, 7) is 6.67. The maximum atomic E-state index is 12.8. The smallest absolute Gasteiger partial charge is 0.306 e. The Morgan fingerprint density at radius 1 is 0.284 bits per heavy atom. The average Bonchev–Trinajstić information content (AvgIpc) is 3.33. The second-order valence-corrected chi connectivity index (χ2v) is 20.3. The van der Waals surface area contributed by atoms with Crippen molar-refractivity contribution in [3.8, 4) is 0 Å². The van der Waals surface area contributed by atoms with Gasteiger partial charge < -0.3 is 14.2 Å². The Balaban J connectivity index is 4.29. The zero-order valence-corrected chi connectivity index (χ0v) is 45.2. The minimum atomic E-state index is -0.771. The summed E-state index contributed by atoms with van der Waals surface area (Å²) < 4.78 is 16.9. The lowest BCUT2D eigenvalue weighted by molar-refractivity contribution is -0.167. The van der Waals surface area contributed by atoms with E-state index in [2.05, 4.69) is 45.1 Å². The van der Waals surface area contributed by atoms with E-state index in [9.17, 15) is 14.4 Å². The summed E-state index contributed by atoms with van der Waals surface area (Å²) in [5.41, 5.74) is 0. The predicted octanol–water partition coefficient (Wildman–Crippen LogP) is 19.9. The quantitative estimate of drug-likeness (QED) is 0.0262. The Labute approximate surface area is 417 Å². The van der Waals surface area contributed by atoms with Crippen LogP contribution in [0.15, 0.2) is 24.3 Å². The number of carbonyl (C=O) groups excluding carboxylic acids is 3. The molecule has 0 aliphatic rings. The molecule has 0 aromatic carbocycles. The third-order valence-corrected chi connectivity index (χ3v) is 13.4. The van der Waals surface area contributed by atoms with E-state index in [1.54, 1.807) is 0 Å². The highest BCUT2D eigenvalue weighted by Crippen LogP contribution is 2.17. The first-order valence-electron chi connectivity index (χ1n) is 29.8. The molecule has 0 aromatic rings. The number of rotatable bonds is 55. The minimum Gasteiger partial charge on any atom is -0.462 e. The lowest BCUT2D eigenvalue weighted by atomic mass is 10.0. The Morgan fingerprint density at radius 3 is 0.761 bits per heavy atom. The number of allylic oxidation sites excluding steroid dienone is 4. The summed E-state index contributed by atoms with van der Waals surface area (Å²) in [6, 6.07) is 0. The van der Waals surface area contributed by atoms with Gasteiger partial charge in [-0.15, -0.1) is 0 Å². The van der Waals surface area contributed by atoms with Crippen LogP contribution in [0.5, 0.6) is 0 Å². The fraction of sp³-hybridized carbons (Fsp3) is 0.885. The first kappa shape index (κ1) is 64.9. The molecule has 67 heavy (non-hydrogen) atoms. The van der Waals surface area contributed by atoms with Crippen LogP contribution in [0, 0.1) is 0 Å². The molecule has 0 saturated heterocycles. The van der Waals surface area contributed by atoms with E-state index in [0.717, 1.165) is 64.2 Å². The monoisotopic (exact) mass is 943 g/mol. The lowest BCUT2D eigenvalue weighted by Crippen LogP contribution is -2.30. The van der Waals surface area contributed by atoms with Crippen LogP contribution in [-0.4, -0.2) is 37.2 Å². The molecule has 0 rings (SSSR count). The molecular formula is C61H114O6. The van der Waals surface area contributed by atoms with E-state index in [1.807, 2.05) is 0 Å². The second-order valence-electron chi connectivity index (χ2n) is 20.3. The van der Waals surface area contributed by atoms with Crippen molar-refractivity contribution in [2.24, 2.45) is 0 Å². The van der Waals surface area contributed by atoms with Crippen LogP contribution in [0.4, 0.5) is 0 Å². The van der Waals surface area contributed by atoms with Crippen molar-refractivity contribution in [1.29, 1.82) is 0 Å². The van der Waals surface area contributed by atoms with E-state index in [-0.39, 0.29) is 31.1 Å². The fourth-order valence-corrected chi connectivity index (χ4v) is 8.91. The molecule has 0 amide bonds. The van der Waals surface area contributed by atoms with Crippen molar-refractivity contribution in [3.05, 3.63) is 24.3 Å². The molecule has 0 aliphatic heterocycles. The van der Waals surface area contributed by atoms with Crippen molar-refractivity contribution in [2.45, 2.75) is 335 Å². The summed E-state index contributed by atoms with van der Waals surface area (Å²) in [4.78, 5) is 38.1. The van der Waals surface area contributed by atoms with E-state index < -0.39 is 6.10 Å². The third kappa shape index (κ3) is 54.7. The molecule has 394 valence electrons. The highest BCUT2D eigenvalue weighted by Gasteiger charge is 2.19. The highest BCUT2D eigenvalue weighted by molar-refractivity contribution is 5.71. The van der Waals surface area contributed by atoms with Gasteiger partial charge >= 0.3 is 17.9 Å². The van der Waals surface area contributed by atoms with Crippen LogP contribution in [0.3, 0.4) is 0 Å². The molecule has 6 heteroatoms. The normalized spacial score (nSPS) is 12.1. The van der Waals surface area contributed by atoms with Gasteiger partial charge in [-0.2, -0.15) is 0 Å². The van der Waals surface area contributed by atoms with E-state index in [0.29, 0.717) is 19.3 Å². The summed E-state index contributed by atoms with van der Waals surface area (Å²) in [7, 11) is 0. The molecule has 0 aromatic heterocycles. The maximum Gasteiger partial charge on any atom is 0.306 e. The van der Waals surface area contributed by atoms with Gasteiger partial charge in [0.25, 0.3) is 0 Å². The molecule has 0 heterocycles. The van der Waals surface area contributed by atoms with Crippen molar-refractivity contribution in [3.63, 3.8) is 0 Å². The minimum absolute atomic E-state index is 0.0705. The van der Waals surface area contributed by atoms with E-state index >= 15 is 0 Å². The van der Waals surface area contributed by atoms with Gasteiger partial charge in [0.15, 0.2) is 6.10 Å². The Hall–Kier alpha value is -2.11. The zero-order valence-electron chi connectivity index (χ0n) is 45.2. The maximum absolute atomic E-state index is 12.8. The summed E-state index contributed by atoms with van der Waals surface area (Å²) >= 11 is 0. The van der Waals surface area contributed by atoms with Crippen molar-refractivity contribution >= 4 is 17.9 Å². The standard InChI is InChI=1S/C61H114O6/c1-4-7-10-13-16-19-22-25-27-28-29-30-31-32-34-36-39-42-45-48-51-54-60(63)66-57-58(56-65-59(62)53-50-47-44-41-38-35-24-21-18-15-12-9-6-3)67-61(64)55-52-49-46-43-40-37-33-26-23-20-17-14-11-8-5-2/h21,24,28-29,58H,4-20,22-23,25-27,30-57H2,1-3H3/b24-21-,29-28-. The highest BCUT2D eigenvalue weighted by atomic mass is 16.6. The van der Waals surface area contributed by atoms with Gasteiger partial charge in [0.2, 0.25) is 0 Å². The molecule has 1 unspecified atom stereocenters. The topological polar surface area (TPSA) is 78.9 Å². The number of ether oxygens (including phenoxy) is 3. The summed E-state index contributed by atoms with van der Waals surface area (Å²) in [5, 5.41) is 0. The zero-order chi connectivity index (χ0) is 48.6. The number of unbranched alkanes of at least 4 members (excludes halogenated alkanes) is 40. The molecule has 0 spiro atoms. The molecule has 1 atom stereocenters. The van der Waals surface area contributed by atoms with Gasteiger partial charge in [-0.05, 0) is 70.6 Å². The number of esters is 3. The predicted molar refractivity (Wildman–Crippen MR) is 289 cm³/mol. The molecule has 0 radical (unpaired) electrons. The Kier molecular flexibility index (Phi) is 54.7. The number of hydrogen-bond acceptors (Lipinski definition) is 6. The van der Waals surface area contributed by atoms with Gasteiger partial charge in [0, 0.05) is 19.3 Å². The molecule has 0 aliphatic carbocycles. The van der Waals surface area contributed by atoms with Gasteiger partial charge in [0.1, 0.15) is 13.2 Å². The van der Waals surface area contributed by atoms with Crippen LogP contribution in [0.1, 0.15) is 329 Å². The van der Waals surface area contributed by atoms with Gasteiger partial charge in [-0.1, -0.05) is 263 Å². The molecular weight excluding hydrogens is 829 g/mol. The number of hydrogen-bond donors (Lipinski definition) is 0. The van der Waals surface area contributed by atoms with Crippen molar-refractivity contribution in [2.75, 3.05) is 13.2 Å². The van der Waals surface area contributed by atoms with Crippen LogP contribution < -0.4 is 0 Å². The molecule has 0 bridgehead atoms. The van der Waals surface area contributed by atoms with E-state index in [1.165, 1.54) is 225 Å². The number of carbonyl (C=O) groups is 3. The SMILES string of the molecule is CCCCCC/C=C\CCCCCCCC(=O)OCC(COC(=O)CCCCCCCCCCC/C=C\CCCCCCCCCC)OC(=O)CCCCCCCCCCCCCCCCC. The first-order chi connectivity index (χ1) is 33.0. The lowest BCUT2D eigenvalue weighted by Gasteiger charge is -2.18. The molecule has 0 fully saturated rings. The van der Waals surface area contributed by atoms with Crippen LogP contribution >= 0.6 is 0 Å². The van der Waals surface area contributed by atoms with Crippen LogP contribution in [0.25, 0.3) is 0 Å². The molecule has 0 N–H and O–H groups in total. The van der Waals surface area contributed by atoms with Crippen LogP contribution in [0.2, 0.25) is 0 Å². The summed E-state index contributed by atoms with van der Waals surface area (Å²) in [6.07, 6.45) is 66.0. The van der Waals surface area contributed by atoms with Gasteiger partial charge in [0.05, 0.1) is 0 Å². The first-order valence-corrected chi connectivity index (χ1v) is 29.8. The van der Waals surface area contributed by atoms with Gasteiger partial charge in [-0.25, -0.2) is 0 Å². The second kappa shape index (κ2) is 56.5. The van der Waals surface area contributed by atoms with Crippen molar-refractivity contribution in [1.82, 2.24) is 0 Å². The van der Waals surface area contributed by atoms with Gasteiger partial charge in [-0.3, -0.25) is 14.4 Å². The third-order valence-electron chi connectivity index (χ3n) is 13.4. The van der Waals surface area contributed by atoms with Crippen LogP contribution in [-0.2, 0) is 28.6 Å². The molecule has 6 nitrogen and oxygen atoms in total. The van der Waals surface area contributed by atoms with E-state index in [4.69, 9.17) is 14.2 Å². The Morgan fingerprint density at radius 2 is 0.493 bits per heavy atom. The fourth-order valence-electron chi connectivity index (χ4n) is 8.91. The average molecular weight is 944 g/mol. The largest absolute Gasteiger partial charge is 0.462 e. The Bertz CT molecular complexity index is 1080.